The van der Waals surface area contributed by atoms with E-state index in [-0.39, 0.29) is 6.17 Å². The zero-order valence-electron chi connectivity index (χ0n) is 21.4. The van der Waals surface area contributed by atoms with Gasteiger partial charge in [-0.15, -0.1) is 0 Å². The van der Waals surface area contributed by atoms with E-state index in [9.17, 15) is 0 Å². The van der Waals surface area contributed by atoms with Gasteiger partial charge in [-0.25, -0.2) is 0 Å². The maximum atomic E-state index is 2.66. The number of para-hydroxylation sites is 1. The van der Waals surface area contributed by atoms with E-state index >= 15 is 0 Å². The maximum Gasteiger partial charge on any atom is 0.134 e. The van der Waals surface area contributed by atoms with Crippen LogP contribution in [0.2, 0.25) is 0 Å². The lowest BCUT2D eigenvalue weighted by molar-refractivity contribution is 0.190. The number of fused-ring (bicyclic) bond motifs is 1. The standard InChI is InChI=1S/C34H32N2/c1-24-14-11-12-21-30(24)35-27(4)31-22-23-34(28-17-7-5-8-18-28,29-19-9-6-10-20-29)36(31)33(35)32-25(2)15-13-16-26(32)3/h5-23,33H,1-4H3. The Hall–Kier alpha value is -4.04. The van der Waals surface area contributed by atoms with Gasteiger partial charge in [-0.05, 0) is 73.7 Å². The van der Waals surface area contributed by atoms with E-state index in [1.54, 1.807) is 0 Å². The Bertz CT molecular complexity index is 1420. The Balaban J connectivity index is 1.68. The summed E-state index contributed by atoms with van der Waals surface area (Å²) >= 11 is 0. The maximum absolute atomic E-state index is 2.66. The van der Waals surface area contributed by atoms with Gasteiger partial charge in [-0.2, -0.15) is 0 Å². The van der Waals surface area contributed by atoms with Crippen molar-refractivity contribution in [2.24, 2.45) is 0 Å². The summed E-state index contributed by atoms with van der Waals surface area (Å²) in [6.07, 6.45) is 4.76. The van der Waals surface area contributed by atoms with Crippen molar-refractivity contribution in [3.8, 4) is 0 Å². The SMILES string of the molecule is CC1=C2C=CC(c3ccccc3)(c3ccccc3)N2C(c2c(C)cccc2C)N1c1ccccc1C. The molecule has 0 saturated heterocycles. The lowest BCUT2D eigenvalue weighted by atomic mass is 9.81. The molecule has 0 saturated carbocycles. The van der Waals surface area contributed by atoms with Crippen molar-refractivity contribution in [2.75, 3.05) is 4.90 Å². The molecule has 2 aliphatic heterocycles. The van der Waals surface area contributed by atoms with Crippen molar-refractivity contribution in [2.45, 2.75) is 39.4 Å². The smallest absolute Gasteiger partial charge is 0.134 e. The van der Waals surface area contributed by atoms with Gasteiger partial charge in [0.1, 0.15) is 11.7 Å². The number of anilines is 1. The van der Waals surface area contributed by atoms with E-state index in [0.717, 1.165) is 0 Å². The Labute approximate surface area is 214 Å². The van der Waals surface area contributed by atoms with Crippen LogP contribution >= 0.6 is 0 Å². The molecule has 0 aliphatic carbocycles. The highest BCUT2D eigenvalue weighted by Gasteiger charge is 2.52. The molecule has 0 fully saturated rings. The van der Waals surface area contributed by atoms with Crippen molar-refractivity contribution in [3.05, 3.63) is 160 Å². The molecule has 6 rings (SSSR count). The first-order chi connectivity index (χ1) is 17.5. The van der Waals surface area contributed by atoms with Crippen molar-refractivity contribution in [1.29, 1.82) is 0 Å². The van der Waals surface area contributed by atoms with Crippen LogP contribution < -0.4 is 4.90 Å². The number of nitrogens with zero attached hydrogens (tertiary/aromatic N) is 2. The lowest BCUT2D eigenvalue weighted by Gasteiger charge is -2.46. The van der Waals surface area contributed by atoms with Crippen LogP contribution in [0.3, 0.4) is 0 Å². The molecule has 0 aromatic heterocycles. The molecule has 2 aliphatic rings. The van der Waals surface area contributed by atoms with Crippen LogP contribution in [0.25, 0.3) is 0 Å². The molecular weight excluding hydrogens is 436 g/mol. The summed E-state index contributed by atoms with van der Waals surface area (Å²) in [4.78, 5) is 5.22. The third-order valence-corrected chi connectivity index (χ3v) is 7.95. The predicted molar refractivity (Wildman–Crippen MR) is 150 cm³/mol. The topological polar surface area (TPSA) is 6.48 Å². The largest absolute Gasteiger partial charge is 0.328 e. The minimum absolute atomic E-state index is 0.0118. The summed E-state index contributed by atoms with van der Waals surface area (Å²) in [7, 11) is 0. The summed E-state index contributed by atoms with van der Waals surface area (Å²) in [6.45, 7) is 9.00. The molecular formula is C34H32N2. The molecule has 4 aromatic carbocycles. The molecule has 36 heavy (non-hydrogen) atoms. The third kappa shape index (κ3) is 3.18. The predicted octanol–water partition coefficient (Wildman–Crippen LogP) is 8.18. The Morgan fingerprint density at radius 2 is 1.11 bits per heavy atom. The zero-order valence-corrected chi connectivity index (χ0v) is 21.4. The summed E-state index contributed by atoms with van der Waals surface area (Å²) in [6, 6.07) is 37.4. The van der Waals surface area contributed by atoms with Gasteiger partial charge >= 0.3 is 0 Å². The summed E-state index contributed by atoms with van der Waals surface area (Å²) in [5.74, 6) is 0. The Morgan fingerprint density at radius 3 is 1.69 bits per heavy atom. The van der Waals surface area contributed by atoms with E-state index in [0.29, 0.717) is 0 Å². The highest BCUT2D eigenvalue weighted by atomic mass is 15.5. The normalized spacial score (nSPS) is 18.2. The monoisotopic (exact) mass is 468 g/mol. The van der Waals surface area contributed by atoms with Crippen LogP contribution in [0, 0.1) is 20.8 Å². The molecule has 0 spiro atoms. The van der Waals surface area contributed by atoms with Gasteiger partial charge in [0, 0.05) is 16.9 Å². The van der Waals surface area contributed by atoms with Gasteiger partial charge in [0.05, 0.1) is 5.70 Å². The number of hydrogen-bond donors (Lipinski definition) is 0. The molecule has 0 bridgehead atoms. The van der Waals surface area contributed by atoms with Gasteiger partial charge in [-0.3, -0.25) is 0 Å². The van der Waals surface area contributed by atoms with Gasteiger partial charge in [0.2, 0.25) is 0 Å². The van der Waals surface area contributed by atoms with Crippen molar-refractivity contribution in [3.63, 3.8) is 0 Å². The fourth-order valence-electron chi connectivity index (χ4n) is 6.25. The van der Waals surface area contributed by atoms with Gasteiger partial charge in [0.15, 0.2) is 0 Å². The molecule has 1 unspecified atom stereocenters. The molecule has 178 valence electrons. The molecule has 2 nitrogen and oxygen atoms in total. The van der Waals surface area contributed by atoms with Gasteiger partial charge < -0.3 is 9.80 Å². The fourth-order valence-corrected chi connectivity index (χ4v) is 6.25. The van der Waals surface area contributed by atoms with E-state index in [1.807, 2.05) is 0 Å². The fraction of sp³-hybridized carbons (Fsp3) is 0.176. The average Bonchev–Trinajstić information content (AvgIpc) is 3.43. The van der Waals surface area contributed by atoms with Crippen LogP contribution in [-0.4, -0.2) is 4.90 Å². The van der Waals surface area contributed by atoms with Crippen molar-refractivity contribution < 1.29 is 0 Å². The van der Waals surface area contributed by atoms with Crippen LogP contribution in [0.5, 0.6) is 0 Å². The zero-order chi connectivity index (χ0) is 24.9. The minimum Gasteiger partial charge on any atom is -0.328 e. The number of hydrogen-bond acceptors (Lipinski definition) is 2. The molecule has 0 radical (unpaired) electrons. The summed E-state index contributed by atoms with van der Waals surface area (Å²) < 4.78 is 0. The van der Waals surface area contributed by atoms with Crippen LogP contribution in [-0.2, 0) is 5.54 Å². The molecule has 1 atom stereocenters. The van der Waals surface area contributed by atoms with Crippen LogP contribution in [0.4, 0.5) is 5.69 Å². The average molecular weight is 469 g/mol. The quantitative estimate of drug-likeness (QED) is 0.298. The molecule has 0 N–H and O–H groups in total. The number of aryl methyl sites for hydroxylation is 3. The van der Waals surface area contributed by atoms with E-state index in [2.05, 4.69) is 153 Å². The second-order valence-corrected chi connectivity index (χ2v) is 10.0. The number of benzene rings is 4. The second kappa shape index (κ2) is 8.57. The van der Waals surface area contributed by atoms with E-state index < -0.39 is 5.54 Å². The molecule has 2 heteroatoms. The van der Waals surface area contributed by atoms with Crippen LogP contribution in [0.1, 0.15) is 46.5 Å². The van der Waals surface area contributed by atoms with E-state index in [1.165, 1.54) is 50.5 Å². The Morgan fingerprint density at radius 1 is 0.583 bits per heavy atom. The first kappa shape index (κ1) is 22.4. The van der Waals surface area contributed by atoms with Gasteiger partial charge in [0.25, 0.3) is 0 Å². The minimum atomic E-state index is -0.421. The molecule has 4 aromatic rings. The number of allylic oxidation sites excluding steroid dienone is 2. The molecule has 2 heterocycles. The van der Waals surface area contributed by atoms with Crippen molar-refractivity contribution in [1.82, 2.24) is 4.90 Å². The van der Waals surface area contributed by atoms with Crippen molar-refractivity contribution >= 4 is 5.69 Å². The second-order valence-electron chi connectivity index (χ2n) is 10.0. The highest BCUT2D eigenvalue weighted by Crippen LogP contribution is 2.56. The third-order valence-electron chi connectivity index (χ3n) is 7.95. The summed E-state index contributed by atoms with van der Waals surface area (Å²) in [5.41, 5.74) is 11.2. The number of rotatable bonds is 4. The van der Waals surface area contributed by atoms with Gasteiger partial charge in [-0.1, -0.05) is 97.1 Å². The summed E-state index contributed by atoms with van der Waals surface area (Å²) in [5, 5.41) is 0. The first-order valence-electron chi connectivity index (χ1n) is 12.8. The first-order valence-corrected chi connectivity index (χ1v) is 12.8. The van der Waals surface area contributed by atoms with Crippen LogP contribution in [0.15, 0.2) is 127 Å². The lowest BCUT2D eigenvalue weighted by Crippen LogP contribution is -2.46. The molecule has 0 amide bonds. The Kier molecular flexibility index (Phi) is 5.34. The highest BCUT2D eigenvalue weighted by molar-refractivity contribution is 5.67. The van der Waals surface area contributed by atoms with E-state index in [4.69, 9.17) is 0 Å².